The summed E-state index contributed by atoms with van der Waals surface area (Å²) in [5, 5.41) is 12.4. The van der Waals surface area contributed by atoms with E-state index in [0.717, 1.165) is 13.1 Å². The van der Waals surface area contributed by atoms with E-state index in [1.165, 1.54) is 11.1 Å². The first-order valence-electron chi connectivity index (χ1n) is 5.26. The van der Waals surface area contributed by atoms with Gasteiger partial charge in [-0.2, -0.15) is 0 Å². The zero-order valence-corrected chi connectivity index (χ0v) is 9.75. The van der Waals surface area contributed by atoms with E-state index in [2.05, 4.69) is 17.2 Å². The number of aliphatic hydroxyl groups is 1. The van der Waals surface area contributed by atoms with Crippen LogP contribution in [0.5, 0.6) is 0 Å². The highest BCUT2D eigenvalue weighted by Gasteiger charge is 2.15. The van der Waals surface area contributed by atoms with E-state index >= 15 is 0 Å². The highest BCUT2D eigenvalue weighted by Crippen LogP contribution is 2.12. The van der Waals surface area contributed by atoms with Gasteiger partial charge in [0.1, 0.15) is 0 Å². The summed E-state index contributed by atoms with van der Waals surface area (Å²) in [5.74, 6) is 0. The first-order valence-corrected chi connectivity index (χ1v) is 5.26. The molecule has 0 aliphatic rings. The Balaban J connectivity index is 2.42. The van der Waals surface area contributed by atoms with E-state index in [1.54, 1.807) is 6.20 Å². The summed E-state index contributed by atoms with van der Waals surface area (Å²) >= 11 is 0. The average Bonchev–Trinajstić information content (AvgIpc) is 2.21. The zero-order valence-electron chi connectivity index (χ0n) is 9.75. The zero-order chi connectivity index (χ0) is 11.3. The average molecular weight is 208 g/mol. The highest BCUT2D eigenvalue weighted by atomic mass is 16.3. The van der Waals surface area contributed by atoms with Crippen LogP contribution >= 0.6 is 0 Å². The summed E-state index contributed by atoms with van der Waals surface area (Å²) in [6.07, 6.45) is 3.68. The van der Waals surface area contributed by atoms with Crippen LogP contribution in [0.25, 0.3) is 0 Å². The molecule has 0 radical (unpaired) electrons. The molecule has 0 atom stereocenters. The maximum atomic E-state index is 9.10. The molecular formula is C12H20N2O. The number of pyridine rings is 1. The molecular weight excluding hydrogens is 188 g/mol. The van der Waals surface area contributed by atoms with Crippen LogP contribution in [0.2, 0.25) is 0 Å². The molecule has 0 saturated heterocycles. The molecule has 1 heterocycles. The lowest BCUT2D eigenvalue weighted by Gasteiger charge is -2.22. The van der Waals surface area contributed by atoms with Gasteiger partial charge < -0.3 is 10.4 Å². The fourth-order valence-corrected chi connectivity index (χ4v) is 1.29. The third-order valence-electron chi connectivity index (χ3n) is 2.48. The van der Waals surface area contributed by atoms with Gasteiger partial charge in [-0.1, -0.05) is 13.8 Å². The third-order valence-corrected chi connectivity index (χ3v) is 2.48. The van der Waals surface area contributed by atoms with Crippen LogP contribution in [0, 0.1) is 12.3 Å². The van der Waals surface area contributed by atoms with Gasteiger partial charge in [-0.3, -0.25) is 4.98 Å². The lowest BCUT2D eigenvalue weighted by atomic mass is 9.95. The van der Waals surface area contributed by atoms with Crippen LogP contribution in [-0.4, -0.2) is 23.2 Å². The molecule has 0 fully saturated rings. The van der Waals surface area contributed by atoms with Gasteiger partial charge in [0.15, 0.2) is 0 Å². The van der Waals surface area contributed by atoms with E-state index in [9.17, 15) is 0 Å². The predicted molar refractivity (Wildman–Crippen MR) is 61.5 cm³/mol. The van der Waals surface area contributed by atoms with Gasteiger partial charge in [-0.15, -0.1) is 0 Å². The Bertz CT molecular complexity index is 310. The molecule has 1 rings (SSSR count). The quantitative estimate of drug-likeness (QED) is 0.770. The Morgan fingerprint density at radius 3 is 2.80 bits per heavy atom. The number of aliphatic hydroxyl groups excluding tert-OH is 1. The normalized spacial score (nSPS) is 11.7. The number of hydrogen-bond donors (Lipinski definition) is 2. The van der Waals surface area contributed by atoms with Crippen molar-refractivity contribution in [3.8, 4) is 0 Å². The van der Waals surface area contributed by atoms with Crippen LogP contribution in [0.4, 0.5) is 0 Å². The minimum Gasteiger partial charge on any atom is -0.396 e. The summed E-state index contributed by atoms with van der Waals surface area (Å²) in [7, 11) is 0. The topological polar surface area (TPSA) is 45.2 Å². The molecule has 3 heteroatoms. The molecule has 3 nitrogen and oxygen atoms in total. The largest absolute Gasteiger partial charge is 0.396 e. The smallest absolute Gasteiger partial charge is 0.0494 e. The molecule has 0 spiro atoms. The van der Waals surface area contributed by atoms with E-state index in [1.807, 2.05) is 26.1 Å². The van der Waals surface area contributed by atoms with Crippen molar-refractivity contribution in [2.24, 2.45) is 5.41 Å². The Hall–Kier alpha value is -0.930. The van der Waals surface area contributed by atoms with Crippen molar-refractivity contribution in [2.75, 3.05) is 13.2 Å². The summed E-state index contributed by atoms with van der Waals surface area (Å²) in [6, 6.07) is 2.02. The molecule has 0 amide bonds. The number of nitrogens with one attached hydrogen (secondary N) is 1. The van der Waals surface area contributed by atoms with Gasteiger partial charge >= 0.3 is 0 Å². The second kappa shape index (κ2) is 5.24. The number of nitrogens with zero attached hydrogens (tertiary/aromatic N) is 1. The van der Waals surface area contributed by atoms with Crippen LogP contribution in [0.3, 0.4) is 0 Å². The van der Waals surface area contributed by atoms with Gasteiger partial charge in [0, 0.05) is 37.5 Å². The number of hydrogen-bond acceptors (Lipinski definition) is 3. The van der Waals surface area contributed by atoms with Crippen molar-refractivity contribution < 1.29 is 5.11 Å². The maximum absolute atomic E-state index is 9.10. The van der Waals surface area contributed by atoms with Gasteiger partial charge in [0.2, 0.25) is 0 Å². The van der Waals surface area contributed by atoms with Crippen LogP contribution in [0.1, 0.15) is 25.0 Å². The molecule has 2 N–H and O–H groups in total. The highest BCUT2D eigenvalue weighted by molar-refractivity contribution is 5.21. The first-order chi connectivity index (χ1) is 7.05. The van der Waals surface area contributed by atoms with Gasteiger partial charge in [-0.05, 0) is 24.1 Å². The number of rotatable bonds is 5. The van der Waals surface area contributed by atoms with Crippen molar-refractivity contribution in [1.82, 2.24) is 10.3 Å². The summed E-state index contributed by atoms with van der Waals surface area (Å²) in [5.41, 5.74) is 2.41. The van der Waals surface area contributed by atoms with Crippen LogP contribution in [0.15, 0.2) is 18.5 Å². The van der Waals surface area contributed by atoms with E-state index < -0.39 is 0 Å². The second-order valence-electron chi connectivity index (χ2n) is 4.73. The molecule has 0 aliphatic carbocycles. The standard InChI is InChI=1S/C12H20N2O/c1-10-6-13-5-4-11(10)7-14-8-12(2,3)9-15/h4-6,14-15H,7-9H2,1-3H3. The Morgan fingerprint density at radius 1 is 1.47 bits per heavy atom. The molecule has 15 heavy (non-hydrogen) atoms. The molecule has 0 saturated carbocycles. The van der Waals surface area contributed by atoms with Crippen molar-refractivity contribution in [2.45, 2.75) is 27.3 Å². The SMILES string of the molecule is Cc1cnccc1CNCC(C)(C)CO. The molecule has 0 aromatic carbocycles. The predicted octanol–water partition coefficient (Wildman–Crippen LogP) is 1.50. The van der Waals surface area contributed by atoms with Crippen molar-refractivity contribution in [3.63, 3.8) is 0 Å². The summed E-state index contributed by atoms with van der Waals surface area (Å²) < 4.78 is 0. The Kier molecular flexibility index (Phi) is 4.24. The van der Waals surface area contributed by atoms with Crippen molar-refractivity contribution >= 4 is 0 Å². The van der Waals surface area contributed by atoms with Crippen molar-refractivity contribution in [3.05, 3.63) is 29.6 Å². The molecule has 1 aromatic rings. The fraction of sp³-hybridized carbons (Fsp3) is 0.583. The number of aromatic nitrogens is 1. The monoisotopic (exact) mass is 208 g/mol. The molecule has 0 bridgehead atoms. The van der Waals surface area contributed by atoms with Crippen molar-refractivity contribution in [1.29, 1.82) is 0 Å². The van der Waals surface area contributed by atoms with Gasteiger partial charge in [0.25, 0.3) is 0 Å². The third kappa shape index (κ3) is 3.98. The minimum absolute atomic E-state index is 0.0546. The van der Waals surface area contributed by atoms with Gasteiger partial charge in [-0.25, -0.2) is 0 Å². The lowest BCUT2D eigenvalue weighted by molar-refractivity contribution is 0.156. The van der Waals surface area contributed by atoms with E-state index in [0.29, 0.717) is 0 Å². The van der Waals surface area contributed by atoms with Crippen LogP contribution < -0.4 is 5.32 Å². The van der Waals surface area contributed by atoms with E-state index in [4.69, 9.17) is 5.11 Å². The lowest BCUT2D eigenvalue weighted by Crippen LogP contribution is -2.32. The molecule has 0 unspecified atom stereocenters. The number of aryl methyl sites for hydroxylation is 1. The van der Waals surface area contributed by atoms with E-state index in [-0.39, 0.29) is 12.0 Å². The minimum atomic E-state index is -0.0546. The second-order valence-corrected chi connectivity index (χ2v) is 4.73. The van der Waals surface area contributed by atoms with Crippen LogP contribution in [-0.2, 0) is 6.54 Å². The summed E-state index contributed by atoms with van der Waals surface area (Å²) in [4.78, 5) is 4.05. The Labute approximate surface area is 91.5 Å². The Morgan fingerprint density at radius 2 is 2.20 bits per heavy atom. The molecule has 84 valence electrons. The molecule has 0 aliphatic heterocycles. The fourth-order valence-electron chi connectivity index (χ4n) is 1.29. The first kappa shape index (κ1) is 12.1. The summed E-state index contributed by atoms with van der Waals surface area (Å²) in [6.45, 7) is 7.98. The maximum Gasteiger partial charge on any atom is 0.0494 e. The van der Waals surface area contributed by atoms with Gasteiger partial charge in [0.05, 0.1) is 0 Å². The molecule has 1 aromatic heterocycles.